The first-order valence-electron chi connectivity index (χ1n) is 9.73. The van der Waals surface area contributed by atoms with Gasteiger partial charge >= 0.3 is 5.97 Å². The second-order valence-corrected chi connectivity index (χ2v) is 7.48. The molecule has 3 aromatic rings. The topological polar surface area (TPSA) is 72.3 Å². The molecule has 1 aliphatic rings. The van der Waals surface area contributed by atoms with Gasteiger partial charge in [0.05, 0.1) is 43.2 Å². The minimum Gasteiger partial charge on any atom is -0.469 e. The van der Waals surface area contributed by atoms with Crippen molar-refractivity contribution in [3.63, 3.8) is 0 Å². The number of rotatable bonds is 6. The van der Waals surface area contributed by atoms with E-state index in [1.54, 1.807) is 12.4 Å². The number of esters is 1. The number of pyridine rings is 2. The molecule has 7 nitrogen and oxygen atoms in total. The van der Waals surface area contributed by atoms with Crippen molar-refractivity contribution in [3.8, 4) is 5.69 Å². The van der Waals surface area contributed by atoms with Gasteiger partial charge in [-0.15, -0.1) is 0 Å². The van der Waals surface area contributed by atoms with Crippen LogP contribution in [0.15, 0.2) is 61.1 Å². The third-order valence-electron chi connectivity index (χ3n) is 5.30. The van der Waals surface area contributed by atoms with E-state index in [2.05, 4.69) is 38.9 Å². The van der Waals surface area contributed by atoms with Crippen LogP contribution in [0.1, 0.15) is 35.6 Å². The maximum atomic E-state index is 11.8. The first-order chi connectivity index (χ1) is 14.6. The van der Waals surface area contributed by atoms with Gasteiger partial charge in [0.15, 0.2) is 5.11 Å². The van der Waals surface area contributed by atoms with Gasteiger partial charge < -0.3 is 19.5 Å². The molecule has 0 saturated carbocycles. The van der Waals surface area contributed by atoms with Crippen LogP contribution in [0.5, 0.6) is 0 Å². The molecule has 2 atom stereocenters. The first kappa shape index (κ1) is 20.0. The molecule has 0 unspecified atom stereocenters. The highest BCUT2D eigenvalue weighted by molar-refractivity contribution is 7.80. The Morgan fingerprint density at radius 1 is 1.20 bits per heavy atom. The summed E-state index contributed by atoms with van der Waals surface area (Å²) in [6.45, 7) is 2.51. The third-order valence-corrected chi connectivity index (χ3v) is 5.65. The molecule has 0 amide bonds. The second-order valence-electron chi connectivity index (χ2n) is 7.09. The van der Waals surface area contributed by atoms with E-state index >= 15 is 0 Å². The van der Waals surface area contributed by atoms with Gasteiger partial charge in [0.25, 0.3) is 0 Å². The number of aryl methyl sites for hydroxylation is 1. The number of methoxy groups -OCH3 is 1. The summed E-state index contributed by atoms with van der Waals surface area (Å²) < 4.78 is 7.01. The van der Waals surface area contributed by atoms with Crippen LogP contribution in [0.3, 0.4) is 0 Å². The van der Waals surface area contributed by atoms with E-state index in [9.17, 15) is 4.79 Å². The number of aromatic nitrogens is 3. The minimum absolute atomic E-state index is 0.147. The summed E-state index contributed by atoms with van der Waals surface area (Å²) in [4.78, 5) is 22.7. The van der Waals surface area contributed by atoms with E-state index in [-0.39, 0.29) is 24.5 Å². The lowest BCUT2D eigenvalue weighted by atomic mass is 10.0. The van der Waals surface area contributed by atoms with Gasteiger partial charge in [-0.25, -0.2) is 0 Å². The van der Waals surface area contributed by atoms with Crippen molar-refractivity contribution in [1.82, 2.24) is 24.8 Å². The van der Waals surface area contributed by atoms with E-state index in [1.807, 2.05) is 41.4 Å². The SMILES string of the molecule is COC(=O)CCN1C(=S)N[C@H](c2ccccn2)[C@H]1c1ccc(C)n1-c1cccnc1. The van der Waals surface area contributed by atoms with E-state index in [0.29, 0.717) is 11.7 Å². The summed E-state index contributed by atoms with van der Waals surface area (Å²) >= 11 is 5.66. The average molecular weight is 422 g/mol. The van der Waals surface area contributed by atoms with Crippen molar-refractivity contribution >= 4 is 23.3 Å². The Morgan fingerprint density at radius 2 is 2.07 bits per heavy atom. The predicted octanol–water partition coefficient (Wildman–Crippen LogP) is 3.11. The van der Waals surface area contributed by atoms with Gasteiger partial charge in [-0.05, 0) is 55.5 Å². The highest BCUT2D eigenvalue weighted by Gasteiger charge is 2.41. The van der Waals surface area contributed by atoms with E-state index in [0.717, 1.165) is 22.8 Å². The monoisotopic (exact) mass is 421 g/mol. The highest BCUT2D eigenvalue weighted by atomic mass is 32.1. The number of nitrogens with zero attached hydrogens (tertiary/aromatic N) is 4. The Kier molecular flexibility index (Phi) is 5.76. The Bertz CT molecular complexity index is 1040. The molecule has 0 spiro atoms. The smallest absolute Gasteiger partial charge is 0.307 e. The maximum Gasteiger partial charge on any atom is 0.307 e. The highest BCUT2D eigenvalue weighted by Crippen LogP contribution is 2.40. The van der Waals surface area contributed by atoms with Crippen molar-refractivity contribution in [3.05, 3.63) is 78.1 Å². The molecular weight excluding hydrogens is 398 g/mol. The number of nitrogens with one attached hydrogen (secondary N) is 1. The summed E-state index contributed by atoms with van der Waals surface area (Å²) in [5, 5.41) is 4.01. The first-order valence-corrected chi connectivity index (χ1v) is 10.1. The van der Waals surface area contributed by atoms with Crippen molar-refractivity contribution < 1.29 is 9.53 Å². The van der Waals surface area contributed by atoms with Crippen LogP contribution in [0.25, 0.3) is 5.69 Å². The summed E-state index contributed by atoms with van der Waals surface area (Å²) in [6.07, 6.45) is 5.62. The molecule has 1 aliphatic heterocycles. The Labute approximate surface area is 180 Å². The fourth-order valence-corrected chi connectivity index (χ4v) is 4.24. The average Bonchev–Trinajstić information content (AvgIpc) is 3.32. The van der Waals surface area contributed by atoms with Crippen LogP contribution >= 0.6 is 12.2 Å². The molecule has 154 valence electrons. The third kappa shape index (κ3) is 3.78. The van der Waals surface area contributed by atoms with Crippen LogP contribution < -0.4 is 5.32 Å². The molecular formula is C22H23N5O2S. The Balaban J connectivity index is 1.79. The van der Waals surface area contributed by atoms with Crippen LogP contribution in [-0.2, 0) is 9.53 Å². The van der Waals surface area contributed by atoms with Gasteiger partial charge in [0.1, 0.15) is 0 Å². The Morgan fingerprint density at radius 3 is 2.77 bits per heavy atom. The van der Waals surface area contributed by atoms with Crippen molar-refractivity contribution in [2.75, 3.05) is 13.7 Å². The van der Waals surface area contributed by atoms with Crippen molar-refractivity contribution in [2.45, 2.75) is 25.4 Å². The lowest BCUT2D eigenvalue weighted by Crippen LogP contribution is -2.32. The largest absolute Gasteiger partial charge is 0.469 e. The minimum atomic E-state index is -0.267. The van der Waals surface area contributed by atoms with Gasteiger partial charge in [0, 0.05) is 30.3 Å². The van der Waals surface area contributed by atoms with Gasteiger partial charge in [-0.3, -0.25) is 14.8 Å². The van der Waals surface area contributed by atoms with Crippen molar-refractivity contribution in [1.29, 1.82) is 0 Å². The summed E-state index contributed by atoms with van der Waals surface area (Å²) in [5.74, 6) is -0.267. The second kappa shape index (κ2) is 8.62. The summed E-state index contributed by atoms with van der Waals surface area (Å²) in [7, 11) is 1.40. The number of carbonyl (C=O) groups is 1. The maximum absolute atomic E-state index is 11.8. The van der Waals surface area contributed by atoms with E-state index < -0.39 is 0 Å². The van der Waals surface area contributed by atoms with Gasteiger partial charge in [0.2, 0.25) is 0 Å². The molecule has 0 aromatic carbocycles. The van der Waals surface area contributed by atoms with E-state index in [4.69, 9.17) is 17.0 Å². The van der Waals surface area contributed by atoms with Crippen LogP contribution in [0.2, 0.25) is 0 Å². The van der Waals surface area contributed by atoms with E-state index in [1.165, 1.54) is 7.11 Å². The molecule has 4 rings (SSSR count). The molecule has 3 aromatic heterocycles. The number of carbonyl (C=O) groups excluding carboxylic acids is 1. The molecule has 0 radical (unpaired) electrons. The Hall–Kier alpha value is -3.26. The van der Waals surface area contributed by atoms with Gasteiger partial charge in [-0.1, -0.05) is 6.07 Å². The summed E-state index contributed by atoms with van der Waals surface area (Å²) in [5.41, 5.74) is 4.00. The van der Waals surface area contributed by atoms with Crippen LogP contribution in [0.4, 0.5) is 0 Å². The molecule has 1 N–H and O–H groups in total. The summed E-state index contributed by atoms with van der Waals surface area (Å²) in [6, 6.07) is 13.7. The molecule has 1 saturated heterocycles. The molecule has 8 heteroatoms. The quantitative estimate of drug-likeness (QED) is 0.484. The standard InChI is InChI=1S/C22H23N5O2S/c1-15-8-9-18(27(15)16-6-5-11-23-14-16)21-20(17-7-3-4-12-24-17)25-22(30)26(21)13-10-19(28)29-2/h3-9,11-12,14,20-21H,10,13H2,1-2H3,(H,25,30)/t20-,21-/m1/s1. The number of hydrogen-bond acceptors (Lipinski definition) is 5. The predicted molar refractivity (Wildman–Crippen MR) is 117 cm³/mol. The molecule has 30 heavy (non-hydrogen) atoms. The zero-order valence-electron chi connectivity index (χ0n) is 16.9. The molecule has 1 fully saturated rings. The lowest BCUT2D eigenvalue weighted by molar-refractivity contribution is -0.140. The van der Waals surface area contributed by atoms with Crippen molar-refractivity contribution in [2.24, 2.45) is 0 Å². The fraction of sp³-hybridized carbons (Fsp3) is 0.273. The molecule has 0 bridgehead atoms. The van der Waals surface area contributed by atoms with Crippen LogP contribution in [0, 0.1) is 6.92 Å². The lowest BCUT2D eigenvalue weighted by Gasteiger charge is -2.29. The van der Waals surface area contributed by atoms with Crippen LogP contribution in [-0.4, -0.2) is 44.2 Å². The number of hydrogen-bond donors (Lipinski definition) is 1. The zero-order valence-corrected chi connectivity index (χ0v) is 17.7. The molecule has 0 aliphatic carbocycles. The zero-order chi connectivity index (χ0) is 21.1. The van der Waals surface area contributed by atoms with Gasteiger partial charge in [-0.2, -0.15) is 0 Å². The number of ether oxygens (including phenoxy) is 1. The molecule has 4 heterocycles. The fourth-order valence-electron chi connectivity index (χ4n) is 3.91. The normalized spacial score (nSPS) is 18.3. The number of thiocarbonyl (C=S) groups is 1.